The second-order valence-electron chi connectivity index (χ2n) is 12.0. The van der Waals surface area contributed by atoms with Gasteiger partial charge in [0.25, 0.3) is 5.91 Å². The summed E-state index contributed by atoms with van der Waals surface area (Å²) in [5.41, 5.74) is 3.79. The Kier molecular flexibility index (Phi) is 10.8. The zero-order valence-corrected chi connectivity index (χ0v) is 27.1. The zero-order valence-electron chi connectivity index (χ0n) is 27.1. The van der Waals surface area contributed by atoms with Gasteiger partial charge in [-0.1, -0.05) is 72.8 Å². The molecule has 0 spiro atoms. The Morgan fingerprint density at radius 2 is 1.17 bits per heavy atom. The van der Waals surface area contributed by atoms with Crippen molar-refractivity contribution in [1.29, 1.82) is 0 Å². The number of amides is 1. The smallest absolute Gasteiger partial charge is 0.339 e. The van der Waals surface area contributed by atoms with Crippen LogP contribution >= 0.6 is 0 Å². The predicted octanol–water partition coefficient (Wildman–Crippen LogP) is 8.91. The van der Waals surface area contributed by atoms with Crippen LogP contribution in [-0.2, 0) is 17.8 Å². The summed E-state index contributed by atoms with van der Waals surface area (Å²) < 4.78 is 17.2. The highest BCUT2D eigenvalue weighted by Gasteiger charge is 2.27. The highest BCUT2D eigenvalue weighted by Crippen LogP contribution is 2.30. The average molecular weight is 641 g/mol. The molecule has 0 unspecified atom stereocenters. The van der Waals surface area contributed by atoms with Crippen LogP contribution in [0.15, 0.2) is 133 Å². The summed E-state index contributed by atoms with van der Waals surface area (Å²) in [6.45, 7) is 1.88. The second-order valence-corrected chi connectivity index (χ2v) is 12.0. The largest absolute Gasteiger partial charge is 0.490 e. The lowest BCUT2D eigenvalue weighted by molar-refractivity contribution is 0.0602. The quantitative estimate of drug-likeness (QED) is 0.137. The van der Waals surface area contributed by atoms with Crippen LogP contribution in [0.1, 0.15) is 57.5 Å². The van der Waals surface area contributed by atoms with E-state index >= 15 is 0 Å². The molecule has 0 heterocycles. The summed E-state index contributed by atoms with van der Waals surface area (Å²) in [7, 11) is 1.31. The molecule has 0 bridgehead atoms. The van der Waals surface area contributed by atoms with Gasteiger partial charge in [0, 0.05) is 24.7 Å². The summed E-state index contributed by atoms with van der Waals surface area (Å²) in [6, 6.07) is 43.2. The topological polar surface area (TPSA) is 77.1 Å². The van der Waals surface area contributed by atoms with Crippen LogP contribution in [0.5, 0.6) is 17.2 Å². The molecule has 0 aliphatic heterocycles. The first-order chi connectivity index (χ1) is 23.5. The minimum Gasteiger partial charge on any atom is -0.490 e. The second kappa shape index (κ2) is 15.9. The SMILES string of the molecule is COC(=O)c1ccccc1NC(=O)c1ccc(Oc2ccc(OC3CCC(N(Cc4ccccc4)Cc4ccccc4)CC3)cc2)cc1. The van der Waals surface area contributed by atoms with E-state index in [9.17, 15) is 9.59 Å². The highest BCUT2D eigenvalue weighted by atomic mass is 16.5. The van der Waals surface area contributed by atoms with Gasteiger partial charge in [0.2, 0.25) is 0 Å². The van der Waals surface area contributed by atoms with Crippen LogP contribution in [0.3, 0.4) is 0 Å². The zero-order chi connectivity index (χ0) is 33.1. The number of nitrogens with one attached hydrogen (secondary N) is 1. The van der Waals surface area contributed by atoms with E-state index in [1.807, 2.05) is 24.3 Å². The van der Waals surface area contributed by atoms with Crippen LogP contribution < -0.4 is 14.8 Å². The van der Waals surface area contributed by atoms with Crippen molar-refractivity contribution in [2.24, 2.45) is 0 Å². The molecule has 1 fully saturated rings. The number of hydrogen-bond acceptors (Lipinski definition) is 6. The fourth-order valence-electron chi connectivity index (χ4n) is 6.14. The van der Waals surface area contributed by atoms with Gasteiger partial charge < -0.3 is 19.5 Å². The predicted molar refractivity (Wildman–Crippen MR) is 187 cm³/mol. The summed E-state index contributed by atoms with van der Waals surface area (Å²) in [4.78, 5) is 27.5. The standard InChI is InChI=1S/C41H40N2O5/c1-46-41(45)38-14-8-9-15-39(38)42-40(44)32-16-20-34(21-17-32)47-36-24-26-37(27-25-36)48-35-22-18-33(19-23-35)43(28-30-10-4-2-5-11-30)29-31-12-6-3-7-13-31/h2-17,20-21,24-27,33,35H,18-19,22-23,28-29H2,1H3,(H,42,44). The van der Waals surface area contributed by atoms with Gasteiger partial charge in [0.05, 0.1) is 24.5 Å². The summed E-state index contributed by atoms with van der Waals surface area (Å²) >= 11 is 0. The Labute approximate surface area is 282 Å². The molecule has 0 atom stereocenters. The number of carbonyl (C=O) groups is 2. The maximum atomic E-state index is 12.8. The third-order valence-corrected chi connectivity index (χ3v) is 8.68. The van der Waals surface area contributed by atoms with Gasteiger partial charge in [-0.15, -0.1) is 0 Å². The Balaban J connectivity index is 0.998. The van der Waals surface area contributed by atoms with E-state index in [4.69, 9.17) is 14.2 Å². The van der Waals surface area contributed by atoms with Gasteiger partial charge in [-0.25, -0.2) is 4.79 Å². The molecule has 1 aliphatic carbocycles. The molecule has 5 aromatic carbocycles. The molecule has 7 nitrogen and oxygen atoms in total. The number of methoxy groups -OCH3 is 1. The van der Waals surface area contributed by atoms with Crippen LogP contribution in [0.25, 0.3) is 0 Å². The summed E-state index contributed by atoms with van der Waals surface area (Å²) in [5, 5.41) is 2.78. The number of rotatable bonds is 12. The van der Waals surface area contributed by atoms with Gasteiger partial charge in [-0.3, -0.25) is 9.69 Å². The Morgan fingerprint density at radius 3 is 1.75 bits per heavy atom. The lowest BCUT2D eigenvalue weighted by Crippen LogP contribution is -2.39. The van der Waals surface area contributed by atoms with Crippen molar-refractivity contribution in [1.82, 2.24) is 4.90 Å². The maximum Gasteiger partial charge on any atom is 0.339 e. The van der Waals surface area contributed by atoms with Gasteiger partial charge in [-0.2, -0.15) is 0 Å². The molecule has 48 heavy (non-hydrogen) atoms. The minimum absolute atomic E-state index is 0.182. The Morgan fingerprint density at radius 1 is 0.646 bits per heavy atom. The number of nitrogens with zero attached hydrogens (tertiary/aromatic N) is 1. The molecule has 1 saturated carbocycles. The van der Waals surface area contributed by atoms with E-state index in [0.717, 1.165) is 44.5 Å². The van der Waals surface area contributed by atoms with Crippen LogP contribution in [0.2, 0.25) is 0 Å². The molecule has 7 heteroatoms. The van der Waals surface area contributed by atoms with Crippen molar-refractivity contribution in [3.05, 3.63) is 156 Å². The first-order valence-electron chi connectivity index (χ1n) is 16.4. The number of carbonyl (C=O) groups excluding carboxylic acids is 2. The van der Waals surface area contributed by atoms with Crippen LogP contribution in [0.4, 0.5) is 5.69 Å². The molecule has 0 saturated heterocycles. The van der Waals surface area contributed by atoms with E-state index in [1.54, 1.807) is 48.5 Å². The number of ether oxygens (including phenoxy) is 3. The van der Waals surface area contributed by atoms with Gasteiger partial charge in [-0.05, 0) is 97.5 Å². The summed E-state index contributed by atoms with van der Waals surface area (Å²) in [5.74, 6) is 1.25. The highest BCUT2D eigenvalue weighted by molar-refractivity contribution is 6.08. The minimum atomic E-state index is -0.515. The van der Waals surface area contributed by atoms with E-state index < -0.39 is 5.97 Å². The lowest BCUT2D eigenvalue weighted by Gasteiger charge is -2.37. The number of benzene rings is 5. The molecule has 1 amide bonds. The van der Waals surface area contributed by atoms with Gasteiger partial charge in [0.15, 0.2) is 0 Å². The van der Waals surface area contributed by atoms with Crippen LogP contribution in [-0.4, -0.2) is 36.0 Å². The maximum absolute atomic E-state index is 12.8. The fourth-order valence-corrected chi connectivity index (χ4v) is 6.14. The van der Waals surface area contributed by atoms with E-state index in [1.165, 1.54) is 18.2 Å². The molecule has 0 aromatic heterocycles. The molecule has 1 N–H and O–H groups in total. The number of hydrogen-bond donors (Lipinski definition) is 1. The lowest BCUT2D eigenvalue weighted by atomic mass is 9.91. The van der Waals surface area contributed by atoms with Crippen molar-refractivity contribution >= 4 is 17.6 Å². The van der Waals surface area contributed by atoms with Crippen molar-refractivity contribution in [2.75, 3.05) is 12.4 Å². The normalized spacial score (nSPS) is 15.8. The van der Waals surface area contributed by atoms with Crippen molar-refractivity contribution in [3.63, 3.8) is 0 Å². The molecule has 5 aromatic rings. The van der Waals surface area contributed by atoms with E-state index in [-0.39, 0.29) is 17.6 Å². The average Bonchev–Trinajstić information content (AvgIpc) is 3.13. The van der Waals surface area contributed by atoms with Crippen LogP contribution in [0, 0.1) is 0 Å². The van der Waals surface area contributed by atoms with Gasteiger partial charge in [0.1, 0.15) is 17.2 Å². The molecular weight excluding hydrogens is 600 g/mol. The monoisotopic (exact) mass is 640 g/mol. The third kappa shape index (κ3) is 8.69. The Hall–Kier alpha value is -5.40. The van der Waals surface area contributed by atoms with Gasteiger partial charge >= 0.3 is 5.97 Å². The molecule has 0 radical (unpaired) electrons. The summed E-state index contributed by atoms with van der Waals surface area (Å²) in [6.07, 6.45) is 4.39. The Bertz CT molecular complexity index is 1730. The molecule has 244 valence electrons. The van der Waals surface area contributed by atoms with Crippen molar-refractivity contribution < 1.29 is 23.8 Å². The molecule has 1 aliphatic rings. The first kappa shape index (κ1) is 32.5. The third-order valence-electron chi connectivity index (χ3n) is 8.68. The first-order valence-corrected chi connectivity index (χ1v) is 16.4. The van der Waals surface area contributed by atoms with Crippen molar-refractivity contribution in [3.8, 4) is 17.2 Å². The van der Waals surface area contributed by atoms with Crippen molar-refractivity contribution in [2.45, 2.75) is 50.9 Å². The van der Waals surface area contributed by atoms with E-state index in [2.05, 4.69) is 70.9 Å². The number of para-hydroxylation sites is 1. The molecular formula is C41H40N2O5. The molecule has 6 rings (SSSR count). The fraction of sp³-hybridized carbons (Fsp3) is 0.220. The number of anilines is 1. The number of esters is 1. The van der Waals surface area contributed by atoms with E-state index in [0.29, 0.717) is 28.8 Å².